The summed E-state index contributed by atoms with van der Waals surface area (Å²) in [7, 11) is 1.98. The molecule has 0 bridgehead atoms. The molecule has 1 aliphatic heterocycles. The first-order valence-corrected chi connectivity index (χ1v) is 9.66. The number of carbonyl (C=O) groups is 1. The van der Waals surface area contributed by atoms with Crippen molar-refractivity contribution < 1.29 is 9.53 Å². The Balaban J connectivity index is 1.45. The highest BCUT2D eigenvalue weighted by molar-refractivity contribution is 5.94. The maximum absolute atomic E-state index is 12.9. The van der Waals surface area contributed by atoms with Crippen LogP contribution >= 0.6 is 0 Å². The number of carbonyl (C=O) groups excluding carboxylic acids is 1. The topological polar surface area (TPSA) is 45.7 Å². The van der Waals surface area contributed by atoms with E-state index < -0.39 is 0 Å². The third-order valence-electron chi connectivity index (χ3n) is 5.72. The van der Waals surface area contributed by atoms with Crippen LogP contribution in [0.5, 0.6) is 0 Å². The Bertz CT molecular complexity index is 602. The summed E-state index contributed by atoms with van der Waals surface area (Å²) in [6, 6.07) is 4.35. The molecule has 3 fully saturated rings. The second-order valence-corrected chi connectivity index (χ2v) is 8.15. The molecule has 5 nitrogen and oxygen atoms in total. The number of amides is 1. The fourth-order valence-electron chi connectivity index (χ4n) is 4.30. The van der Waals surface area contributed by atoms with Crippen LogP contribution in [-0.2, 0) is 4.74 Å². The third kappa shape index (κ3) is 3.66. The van der Waals surface area contributed by atoms with Crippen molar-refractivity contribution >= 4 is 11.7 Å². The first-order chi connectivity index (χ1) is 12.0. The molecule has 2 atom stereocenters. The van der Waals surface area contributed by atoms with E-state index in [1.54, 1.807) is 6.20 Å². The van der Waals surface area contributed by atoms with Gasteiger partial charge in [-0.05, 0) is 63.5 Å². The molecule has 0 N–H and O–H groups in total. The van der Waals surface area contributed by atoms with E-state index in [-0.39, 0.29) is 18.1 Å². The minimum absolute atomic E-state index is 0.117. The van der Waals surface area contributed by atoms with Crippen LogP contribution in [0.25, 0.3) is 0 Å². The molecule has 2 saturated carbocycles. The summed E-state index contributed by atoms with van der Waals surface area (Å²) in [6.45, 7) is 5.86. The molecule has 1 aromatic rings. The Morgan fingerprint density at radius 3 is 2.24 bits per heavy atom. The average molecular weight is 343 g/mol. The molecule has 0 spiro atoms. The standard InChI is InChI=1S/C20H29N3O2/c1-13-11-23(12-14(2)25-13)18-9-8-17(10-21-18)20(24)22(3)19(15-4-5-15)16-6-7-16/h8-10,13-16,19H,4-7,11-12H2,1-3H3/t13-,14-/m1/s1. The van der Waals surface area contributed by atoms with Crippen molar-refractivity contribution in [2.75, 3.05) is 25.0 Å². The van der Waals surface area contributed by atoms with E-state index in [0.29, 0.717) is 11.6 Å². The summed E-state index contributed by atoms with van der Waals surface area (Å²) in [4.78, 5) is 21.7. The molecule has 0 radical (unpaired) electrons. The lowest BCUT2D eigenvalue weighted by molar-refractivity contribution is -0.00546. The molecule has 1 aromatic heterocycles. The van der Waals surface area contributed by atoms with E-state index in [9.17, 15) is 4.79 Å². The number of ether oxygens (including phenoxy) is 1. The van der Waals surface area contributed by atoms with Gasteiger partial charge in [0.15, 0.2) is 0 Å². The molecule has 4 rings (SSSR count). The van der Waals surface area contributed by atoms with Gasteiger partial charge in [-0.1, -0.05) is 0 Å². The van der Waals surface area contributed by atoms with Crippen molar-refractivity contribution in [2.45, 2.75) is 57.8 Å². The second kappa shape index (κ2) is 6.60. The lowest BCUT2D eigenvalue weighted by atomic mass is 10.0. The minimum Gasteiger partial charge on any atom is -0.372 e. The summed E-state index contributed by atoms with van der Waals surface area (Å²) in [5, 5.41) is 0. The fraction of sp³-hybridized carbons (Fsp3) is 0.700. The zero-order valence-electron chi connectivity index (χ0n) is 15.5. The van der Waals surface area contributed by atoms with Gasteiger partial charge in [-0.3, -0.25) is 4.79 Å². The minimum atomic E-state index is 0.117. The summed E-state index contributed by atoms with van der Waals surface area (Å²) < 4.78 is 5.78. The van der Waals surface area contributed by atoms with Gasteiger partial charge in [0.2, 0.25) is 0 Å². The molecule has 25 heavy (non-hydrogen) atoms. The van der Waals surface area contributed by atoms with E-state index in [1.807, 2.05) is 24.1 Å². The van der Waals surface area contributed by atoms with Crippen LogP contribution in [0, 0.1) is 11.8 Å². The molecule has 1 amide bonds. The first kappa shape index (κ1) is 16.8. The Morgan fingerprint density at radius 1 is 1.16 bits per heavy atom. The summed E-state index contributed by atoms with van der Waals surface area (Å²) in [6.07, 6.45) is 7.28. The van der Waals surface area contributed by atoms with Gasteiger partial charge in [0.05, 0.1) is 17.8 Å². The number of morpholine rings is 1. The van der Waals surface area contributed by atoms with Gasteiger partial charge in [0, 0.05) is 32.4 Å². The number of aromatic nitrogens is 1. The van der Waals surface area contributed by atoms with Gasteiger partial charge in [-0.2, -0.15) is 0 Å². The van der Waals surface area contributed by atoms with Crippen molar-refractivity contribution in [3.05, 3.63) is 23.9 Å². The third-order valence-corrected chi connectivity index (χ3v) is 5.72. The molecular weight excluding hydrogens is 314 g/mol. The van der Waals surface area contributed by atoms with Gasteiger partial charge < -0.3 is 14.5 Å². The van der Waals surface area contributed by atoms with Crippen LogP contribution in [-0.4, -0.2) is 54.2 Å². The molecule has 1 saturated heterocycles. The van der Waals surface area contributed by atoms with Crippen LogP contribution in [0.15, 0.2) is 18.3 Å². The Labute approximate surface area is 150 Å². The molecule has 136 valence electrons. The highest BCUT2D eigenvalue weighted by Gasteiger charge is 2.45. The molecular formula is C20H29N3O2. The van der Waals surface area contributed by atoms with Crippen LogP contribution < -0.4 is 4.90 Å². The number of pyridine rings is 1. The smallest absolute Gasteiger partial charge is 0.255 e. The summed E-state index contributed by atoms with van der Waals surface area (Å²) in [5.41, 5.74) is 0.701. The molecule has 3 aliphatic rings. The van der Waals surface area contributed by atoms with E-state index in [2.05, 4.69) is 23.7 Å². The van der Waals surface area contributed by atoms with Crippen LogP contribution in [0.4, 0.5) is 5.82 Å². The number of hydrogen-bond acceptors (Lipinski definition) is 4. The molecule has 0 unspecified atom stereocenters. The van der Waals surface area contributed by atoms with E-state index in [0.717, 1.165) is 30.7 Å². The maximum atomic E-state index is 12.9. The number of rotatable bonds is 5. The molecule has 5 heteroatoms. The predicted octanol–water partition coefficient (Wildman–Crippen LogP) is 2.96. The zero-order valence-corrected chi connectivity index (χ0v) is 15.5. The number of nitrogens with zero attached hydrogens (tertiary/aromatic N) is 3. The van der Waals surface area contributed by atoms with Crippen molar-refractivity contribution in [1.29, 1.82) is 0 Å². The summed E-state index contributed by atoms with van der Waals surface area (Å²) in [5.74, 6) is 2.50. The van der Waals surface area contributed by atoms with Crippen molar-refractivity contribution in [3.8, 4) is 0 Å². The number of hydrogen-bond donors (Lipinski definition) is 0. The van der Waals surface area contributed by atoms with Gasteiger partial charge in [0.25, 0.3) is 5.91 Å². The molecule has 0 aromatic carbocycles. The van der Waals surface area contributed by atoms with Crippen molar-refractivity contribution in [1.82, 2.24) is 9.88 Å². The Hall–Kier alpha value is -1.62. The summed E-state index contributed by atoms with van der Waals surface area (Å²) >= 11 is 0. The Morgan fingerprint density at radius 2 is 1.76 bits per heavy atom. The average Bonchev–Trinajstić information content (AvgIpc) is 3.48. The van der Waals surface area contributed by atoms with Crippen LogP contribution in [0.1, 0.15) is 49.9 Å². The monoisotopic (exact) mass is 343 g/mol. The predicted molar refractivity (Wildman–Crippen MR) is 97.8 cm³/mol. The van der Waals surface area contributed by atoms with Gasteiger partial charge in [0.1, 0.15) is 5.82 Å². The largest absolute Gasteiger partial charge is 0.372 e. The SMILES string of the molecule is C[C@@H]1CN(c2ccc(C(=O)N(C)C(C3CC3)C3CC3)cn2)C[C@@H](C)O1. The quantitative estimate of drug-likeness (QED) is 0.825. The fourth-order valence-corrected chi connectivity index (χ4v) is 4.30. The van der Waals surface area contributed by atoms with E-state index in [4.69, 9.17) is 4.74 Å². The van der Waals surface area contributed by atoms with Gasteiger partial charge >= 0.3 is 0 Å². The van der Waals surface area contributed by atoms with Crippen molar-refractivity contribution in [3.63, 3.8) is 0 Å². The molecule has 2 aliphatic carbocycles. The lowest BCUT2D eigenvalue weighted by Crippen LogP contribution is -2.45. The van der Waals surface area contributed by atoms with Gasteiger partial charge in [-0.15, -0.1) is 0 Å². The van der Waals surface area contributed by atoms with E-state index >= 15 is 0 Å². The van der Waals surface area contributed by atoms with E-state index in [1.165, 1.54) is 25.7 Å². The molecule has 2 heterocycles. The van der Waals surface area contributed by atoms with Crippen LogP contribution in [0.3, 0.4) is 0 Å². The lowest BCUT2D eigenvalue weighted by Gasteiger charge is -2.36. The first-order valence-electron chi connectivity index (χ1n) is 9.66. The highest BCUT2D eigenvalue weighted by Crippen LogP contribution is 2.47. The highest BCUT2D eigenvalue weighted by atomic mass is 16.5. The maximum Gasteiger partial charge on any atom is 0.255 e. The van der Waals surface area contributed by atoms with Gasteiger partial charge in [-0.25, -0.2) is 4.98 Å². The van der Waals surface area contributed by atoms with Crippen molar-refractivity contribution in [2.24, 2.45) is 11.8 Å². The zero-order chi connectivity index (χ0) is 17.6. The van der Waals surface area contributed by atoms with Crippen LogP contribution in [0.2, 0.25) is 0 Å². The normalized spacial score (nSPS) is 26.8. The second-order valence-electron chi connectivity index (χ2n) is 8.15. The number of anilines is 1. The Kier molecular flexibility index (Phi) is 4.44.